The number of nitrogens with zero attached hydrogens (tertiary/aromatic N) is 3. The molecular formula is C20H27FN4O3. The maximum Gasteiger partial charge on any atom is 0.254 e. The Morgan fingerprint density at radius 1 is 1.00 bits per heavy atom. The van der Waals surface area contributed by atoms with Gasteiger partial charge in [0.2, 0.25) is 11.8 Å². The second-order valence-electron chi connectivity index (χ2n) is 7.45. The van der Waals surface area contributed by atoms with Gasteiger partial charge in [-0.25, -0.2) is 4.39 Å². The van der Waals surface area contributed by atoms with Gasteiger partial charge in [-0.1, -0.05) is 12.1 Å². The number of likely N-dealkylation sites (N-methyl/N-ethyl adjacent to an activating group) is 1. The molecule has 7 nitrogen and oxygen atoms in total. The zero-order valence-electron chi connectivity index (χ0n) is 16.2. The van der Waals surface area contributed by atoms with Crippen LogP contribution in [-0.2, 0) is 9.59 Å². The van der Waals surface area contributed by atoms with Gasteiger partial charge >= 0.3 is 0 Å². The van der Waals surface area contributed by atoms with E-state index in [1.54, 1.807) is 11.0 Å². The van der Waals surface area contributed by atoms with E-state index in [0.29, 0.717) is 25.9 Å². The summed E-state index contributed by atoms with van der Waals surface area (Å²) in [6.45, 7) is 4.13. The van der Waals surface area contributed by atoms with Crippen molar-refractivity contribution >= 4 is 17.7 Å². The van der Waals surface area contributed by atoms with Crippen LogP contribution in [0.5, 0.6) is 0 Å². The molecule has 0 aliphatic carbocycles. The summed E-state index contributed by atoms with van der Waals surface area (Å²) in [5.41, 5.74) is -0.0771. The Labute approximate surface area is 164 Å². The van der Waals surface area contributed by atoms with Gasteiger partial charge in [-0.15, -0.1) is 0 Å². The van der Waals surface area contributed by atoms with Crippen LogP contribution in [0.1, 0.15) is 23.2 Å². The van der Waals surface area contributed by atoms with Crippen LogP contribution >= 0.6 is 0 Å². The smallest absolute Gasteiger partial charge is 0.254 e. The number of carbonyl (C=O) groups is 3. The number of piperidine rings is 1. The first-order chi connectivity index (χ1) is 13.5. The van der Waals surface area contributed by atoms with E-state index in [1.165, 1.54) is 18.2 Å². The van der Waals surface area contributed by atoms with Gasteiger partial charge < -0.3 is 20.0 Å². The number of carbonyl (C=O) groups excluding carboxylic acids is 3. The molecule has 0 saturated carbocycles. The van der Waals surface area contributed by atoms with Gasteiger partial charge in [0.05, 0.1) is 12.1 Å². The van der Waals surface area contributed by atoms with Gasteiger partial charge in [0.25, 0.3) is 5.91 Å². The molecule has 28 heavy (non-hydrogen) atoms. The molecular weight excluding hydrogens is 363 g/mol. The standard InChI is InChI=1S/C20H27FN4O3/c1-23-10-12-25(13-11-23)20(28)15-6-8-24(9-7-15)18(26)14-22-19(27)16-4-2-3-5-17(16)21/h2-5,15H,6-14H2,1H3,(H,22,27). The van der Waals surface area contributed by atoms with E-state index < -0.39 is 11.7 Å². The molecule has 3 amide bonds. The van der Waals surface area contributed by atoms with Crippen molar-refractivity contribution in [1.82, 2.24) is 20.0 Å². The van der Waals surface area contributed by atoms with Crippen molar-refractivity contribution in [1.29, 1.82) is 0 Å². The Morgan fingerprint density at radius 2 is 1.64 bits per heavy atom. The molecule has 152 valence electrons. The Kier molecular flexibility index (Phi) is 6.61. The van der Waals surface area contributed by atoms with Crippen LogP contribution in [0.25, 0.3) is 0 Å². The third-order valence-corrected chi connectivity index (χ3v) is 5.53. The van der Waals surface area contributed by atoms with E-state index >= 15 is 0 Å². The highest BCUT2D eigenvalue weighted by atomic mass is 19.1. The molecule has 2 aliphatic rings. The van der Waals surface area contributed by atoms with E-state index in [0.717, 1.165) is 26.2 Å². The summed E-state index contributed by atoms with van der Waals surface area (Å²) < 4.78 is 13.6. The van der Waals surface area contributed by atoms with Crippen molar-refractivity contribution in [3.63, 3.8) is 0 Å². The van der Waals surface area contributed by atoms with E-state index in [1.807, 2.05) is 4.90 Å². The van der Waals surface area contributed by atoms with Gasteiger partial charge in [-0.3, -0.25) is 14.4 Å². The number of likely N-dealkylation sites (tertiary alicyclic amines) is 1. The normalized spacial score (nSPS) is 18.8. The van der Waals surface area contributed by atoms with Crippen LogP contribution in [0.2, 0.25) is 0 Å². The lowest BCUT2D eigenvalue weighted by molar-refractivity contribution is -0.141. The molecule has 0 aromatic heterocycles. The van der Waals surface area contributed by atoms with E-state index in [9.17, 15) is 18.8 Å². The minimum absolute atomic E-state index is 0.0412. The van der Waals surface area contributed by atoms with E-state index in [2.05, 4.69) is 17.3 Å². The number of halogens is 1. The average Bonchev–Trinajstić information content (AvgIpc) is 2.72. The third kappa shape index (κ3) is 4.86. The molecule has 1 aromatic carbocycles. The fraction of sp³-hybridized carbons (Fsp3) is 0.550. The molecule has 0 bridgehead atoms. The van der Waals surface area contributed by atoms with Crippen molar-refractivity contribution in [2.75, 3.05) is 52.9 Å². The lowest BCUT2D eigenvalue weighted by Crippen LogP contribution is -2.51. The van der Waals surface area contributed by atoms with E-state index in [4.69, 9.17) is 0 Å². The third-order valence-electron chi connectivity index (χ3n) is 5.53. The zero-order chi connectivity index (χ0) is 20.1. The molecule has 0 radical (unpaired) electrons. The zero-order valence-corrected chi connectivity index (χ0v) is 16.2. The maximum absolute atomic E-state index is 13.6. The minimum atomic E-state index is -0.615. The molecule has 0 atom stereocenters. The number of hydrogen-bond donors (Lipinski definition) is 1. The largest absolute Gasteiger partial charge is 0.343 e. The SMILES string of the molecule is CN1CCN(C(=O)C2CCN(C(=O)CNC(=O)c3ccccc3F)CC2)CC1. The summed E-state index contributed by atoms with van der Waals surface area (Å²) >= 11 is 0. The van der Waals surface area contributed by atoms with Gasteiger partial charge in [-0.05, 0) is 32.0 Å². The predicted octanol–water partition coefficient (Wildman–Crippen LogP) is 0.568. The maximum atomic E-state index is 13.6. The van der Waals surface area contributed by atoms with Crippen LogP contribution in [0.3, 0.4) is 0 Å². The van der Waals surface area contributed by atoms with Gasteiger partial charge in [-0.2, -0.15) is 0 Å². The van der Waals surface area contributed by atoms with Crippen molar-refractivity contribution in [3.05, 3.63) is 35.6 Å². The van der Waals surface area contributed by atoms with Gasteiger partial charge in [0, 0.05) is 45.2 Å². The summed E-state index contributed by atoms with van der Waals surface area (Å²) in [5.74, 6) is -1.29. The predicted molar refractivity (Wildman–Crippen MR) is 102 cm³/mol. The summed E-state index contributed by atoms with van der Waals surface area (Å²) in [4.78, 5) is 42.8. The molecule has 8 heteroatoms. The minimum Gasteiger partial charge on any atom is -0.343 e. The Bertz CT molecular complexity index is 726. The number of piperazine rings is 1. The van der Waals surface area contributed by atoms with Gasteiger partial charge in [0.15, 0.2) is 0 Å². The molecule has 0 unspecified atom stereocenters. The van der Waals surface area contributed by atoms with Crippen LogP contribution in [-0.4, -0.2) is 85.3 Å². The number of nitrogens with one attached hydrogen (secondary N) is 1. The first-order valence-corrected chi connectivity index (χ1v) is 9.73. The molecule has 0 spiro atoms. The Balaban J connectivity index is 1.43. The second-order valence-corrected chi connectivity index (χ2v) is 7.45. The van der Waals surface area contributed by atoms with Crippen LogP contribution in [0.4, 0.5) is 4.39 Å². The van der Waals surface area contributed by atoms with Crippen molar-refractivity contribution in [2.45, 2.75) is 12.8 Å². The number of amides is 3. The lowest BCUT2D eigenvalue weighted by atomic mass is 9.95. The van der Waals surface area contributed by atoms with Crippen molar-refractivity contribution in [2.24, 2.45) is 5.92 Å². The molecule has 1 aromatic rings. The molecule has 2 heterocycles. The van der Waals surface area contributed by atoms with Crippen molar-refractivity contribution in [3.8, 4) is 0 Å². The lowest BCUT2D eigenvalue weighted by Gasteiger charge is -2.37. The number of benzene rings is 1. The van der Waals surface area contributed by atoms with Crippen molar-refractivity contribution < 1.29 is 18.8 Å². The Morgan fingerprint density at radius 3 is 2.29 bits per heavy atom. The molecule has 2 fully saturated rings. The number of hydrogen-bond acceptors (Lipinski definition) is 4. The Hall–Kier alpha value is -2.48. The van der Waals surface area contributed by atoms with Crippen LogP contribution < -0.4 is 5.32 Å². The van der Waals surface area contributed by atoms with Gasteiger partial charge in [0.1, 0.15) is 5.82 Å². The monoisotopic (exact) mass is 390 g/mol. The summed E-state index contributed by atoms with van der Waals surface area (Å²) in [5, 5.41) is 2.48. The topological polar surface area (TPSA) is 73.0 Å². The summed E-state index contributed by atoms with van der Waals surface area (Å²) in [6, 6.07) is 5.66. The molecule has 2 aliphatic heterocycles. The fourth-order valence-corrected chi connectivity index (χ4v) is 3.67. The number of rotatable bonds is 4. The van der Waals surface area contributed by atoms with Crippen LogP contribution in [0, 0.1) is 11.7 Å². The summed E-state index contributed by atoms with van der Waals surface area (Å²) in [7, 11) is 2.05. The first kappa shape index (κ1) is 20.3. The molecule has 1 N–H and O–H groups in total. The second kappa shape index (κ2) is 9.14. The summed E-state index contributed by atoms with van der Waals surface area (Å²) in [6.07, 6.45) is 1.27. The van der Waals surface area contributed by atoms with Crippen LogP contribution in [0.15, 0.2) is 24.3 Å². The highest BCUT2D eigenvalue weighted by Gasteiger charge is 2.31. The first-order valence-electron chi connectivity index (χ1n) is 9.73. The quantitative estimate of drug-likeness (QED) is 0.816. The highest BCUT2D eigenvalue weighted by Crippen LogP contribution is 2.20. The average molecular weight is 390 g/mol. The fourth-order valence-electron chi connectivity index (χ4n) is 3.67. The molecule has 3 rings (SSSR count). The highest BCUT2D eigenvalue weighted by molar-refractivity contribution is 5.96. The van der Waals surface area contributed by atoms with E-state index in [-0.39, 0.29) is 29.8 Å². The molecule has 2 saturated heterocycles.